The Morgan fingerprint density at radius 3 is 2.45 bits per heavy atom. The Kier molecular flexibility index (Phi) is 9.30. The number of fused-ring (bicyclic) bond motifs is 1. The van der Waals surface area contributed by atoms with Crippen LogP contribution in [0.3, 0.4) is 0 Å². The maximum atomic E-state index is 13.9. The summed E-state index contributed by atoms with van der Waals surface area (Å²) in [7, 11) is 0. The molecule has 0 bridgehead atoms. The molecule has 0 fully saturated rings. The highest BCUT2D eigenvalue weighted by molar-refractivity contribution is 14.1. The summed E-state index contributed by atoms with van der Waals surface area (Å²) >= 11 is 5.79. The number of carbonyl (C=O) groups is 1. The van der Waals surface area contributed by atoms with Crippen molar-refractivity contribution in [1.29, 1.82) is 0 Å². The molecular formula is C29H28I2N2O4S. The number of rotatable bonds is 8. The van der Waals surface area contributed by atoms with Gasteiger partial charge in [0.2, 0.25) is 0 Å². The van der Waals surface area contributed by atoms with Gasteiger partial charge in [0.15, 0.2) is 4.80 Å². The van der Waals surface area contributed by atoms with E-state index in [0.717, 1.165) is 24.0 Å². The molecule has 1 aliphatic rings. The molecule has 1 aromatic heterocycles. The number of hydrogen-bond acceptors (Lipinski definition) is 6. The Bertz CT molecular complexity index is 1580. The summed E-state index contributed by atoms with van der Waals surface area (Å²) in [6.45, 7) is 12.2. The predicted molar refractivity (Wildman–Crippen MR) is 168 cm³/mol. The lowest BCUT2D eigenvalue weighted by atomic mass is 9.93. The fourth-order valence-corrected chi connectivity index (χ4v) is 7.44. The molecule has 0 radical (unpaired) electrons. The second-order valence-electron chi connectivity index (χ2n) is 9.04. The lowest BCUT2D eigenvalue weighted by molar-refractivity contribution is -0.139. The van der Waals surface area contributed by atoms with Crippen molar-refractivity contribution < 1.29 is 14.3 Å². The SMILES string of the molecule is C=CCOc1c(I)cc(/C=c2\sc3n(c2=O)[C@@H](c2ccc(C(C)C)cc2)C(C(=O)OCC)=C(C)N=3)cc1I. The number of halogens is 2. The Balaban J connectivity index is 1.88. The minimum absolute atomic E-state index is 0.196. The lowest BCUT2D eigenvalue weighted by Gasteiger charge is -2.25. The third-order valence-corrected chi connectivity index (χ3v) is 8.69. The number of aromatic nitrogens is 1. The third kappa shape index (κ3) is 5.84. The predicted octanol–water partition coefficient (Wildman–Crippen LogP) is 5.70. The molecule has 2 heterocycles. The largest absolute Gasteiger partial charge is 0.487 e. The van der Waals surface area contributed by atoms with Crippen molar-refractivity contribution in [2.24, 2.45) is 4.99 Å². The van der Waals surface area contributed by atoms with Gasteiger partial charge in [-0.25, -0.2) is 9.79 Å². The van der Waals surface area contributed by atoms with Crippen molar-refractivity contribution >= 4 is 68.6 Å². The van der Waals surface area contributed by atoms with Gasteiger partial charge in [0.1, 0.15) is 12.4 Å². The molecule has 1 atom stereocenters. The van der Waals surface area contributed by atoms with Crippen molar-refractivity contribution in [3.05, 3.63) is 104 Å². The summed E-state index contributed by atoms with van der Waals surface area (Å²) in [5.74, 6) is 0.705. The van der Waals surface area contributed by atoms with Crippen LogP contribution in [0, 0.1) is 7.14 Å². The van der Waals surface area contributed by atoms with Crippen LogP contribution in [0.15, 0.2) is 70.1 Å². The van der Waals surface area contributed by atoms with E-state index in [1.54, 1.807) is 24.5 Å². The molecule has 0 N–H and O–H groups in total. The summed E-state index contributed by atoms with van der Waals surface area (Å²) in [5, 5.41) is 0. The summed E-state index contributed by atoms with van der Waals surface area (Å²) < 4.78 is 15.2. The Morgan fingerprint density at radius 2 is 1.87 bits per heavy atom. The molecule has 1 aliphatic heterocycles. The zero-order valence-electron chi connectivity index (χ0n) is 21.6. The number of ether oxygens (including phenoxy) is 2. The van der Waals surface area contributed by atoms with Crippen LogP contribution in [-0.4, -0.2) is 23.8 Å². The second-order valence-corrected chi connectivity index (χ2v) is 12.4. The molecule has 198 valence electrons. The summed E-state index contributed by atoms with van der Waals surface area (Å²) in [6, 6.07) is 11.4. The van der Waals surface area contributed by atoms with Crippen molar-refractivity contribution in [3.63, 3.8) is 0 Å². The number of allylic oxidation sites excluding steroid dienone is 1. The Labute approximate surface area is 253 Å². The van der Waals surface area contributed by atoms with E-state index in [1.165, 1.54) is 16.9 Å². The first-order chi connectivity index (χ1) is 18.2. The van der Waals surface area contributed by atoms with Crippen LogP contribution in [0.1, 0.15) is 56.3 Å². The van der Waals surface area contributed by atoms with Gasteiger partial charge in [0.25, 0.3) is 5.56 Å². The van der Waals surface area contributed by atoms with Crippen LogP contribution in [0.5, 0.6) is 5.75 Å². The molecule has 0 aliphatic carbocycles. The standard InChI is InChI=1S/C29H28I2N2O4S/c1-6-12-37-26-21(30)13-18(14-22(26)31)15-23-27(34)33-25(20-10-8-19(9-11-20)16(3)4)24(28(35)36-7-2)17(5)32-29(33)38-23/h6,8-11,13-16,25H,1,7,12H2,2-5H3/b23-15-/t25-/m0/s1. The van der Waals surface area contributed by atoms with Crippen LogP contribution in [0.25, 0.3) is 6.08 Å². The molecule has 0 saturated heterocycles. The minimum Gasteiger partial charge on any atom is -0.487 e. The lowest BCUT2D eigenvalue weighted by Crippen LogP contribution is -2.39. The van der Waals surface area contributed by atoms with Crippen LogP contribution >= 0.6 is 56.5 Å². The zero-order valence-corrected chi connectivity index (χ0v) is 26.7. The topological polar surface area (TPSA) is 69.9 Å². The number of esters is 1. The average molecular weight is 754 g/mol. The van der Waals surface area contributed by atoms with Gasteiger partial charge in [-0.05, 0) is 99.8 Å². The monoisotopic (exact) mass is 754 g/mol. The molecule has 0 saturated carbocycles. The van der Waals surface area contributed by atoms with E-state index in [1.807, 2.05) is 42.5 Å². The van der Waals surface area contributed by atoms with Gasteiger partial charge in [-0.2, -0.15) is 0 Å². The number of nitrogens with zero attached hydrogens (tertiary/aromatic N) is 2. The summed E-state index contributed by atoms with van der Waals surface area (Å²) in [4.78, 5) is 32.2. The summed E-state index contributed by atoms with van der Waals surface area (Å²) in [6.07, 6.45) is 3.58. The maximum absolute atomic E-state index is 13.9. The van der Waals surface area contributed by atoms with Crippen LogP contribution < -0.4 is 19.6 Å². The number of benzene rings is 2. The third-order valence-electron chi connectivity index (χ3n) is 6.10. The molecule has 9 heteroatoms. The fraction of sp³-hybridized carbons (Fsp3) is 0.276. The normalized spacial score (nSPS) is 15.3. The quantitative estimate of drug-likeness (QED) is 0.168. The zero-order chi connectivity index (χ0) is 27.6. The molecular weight excluding hydrogens is 726 g/mol. The van der Waals surface area contributed by atoms with E-state index < -0.39 is 12.0 Å². The molecule has 6 nitrogen and oxygen atoms in total. The molecule has 0 spiro atoms. The van der Waals surface area contributed by atoms with Gasteiger partial charge in [-0.15, -0.1) is 0 Å². The van der Waals surface area contributed by atoms with Crippen LogP contribution in [0.2, 0.25) is 0 Å². The van der Waals surface area contributed by atoms with Crippen molar-refractivity contribution in [3.8, 4) is 5.75 Å². The molecule has 38 heavy (non-hydrogen) atoms. The van der Waals surface area contributed by atoms with Crippen molar-refractivity contribution in [2.75, 3.05) is 13.2 Å². The summed E-state index contributed by atoms with van der Waals surface area (Å²) in [5.41, 5.74) is 3.65. The van der Waals surface area contributed by atoms with E-state index in [9.17, 15) is 9.59 Å². The van der Waals surface area contributed by atoms with E-state index in [0.29, 0.717) is 33.1 Å². The molecule has 2 aromatic carbocycles. The Morgan fingerprint density at radius 1 is 1.21 bits per heavy atom. The fourth-order valence-electron chi connectivity index (χ4n) is 4.26. The van der Waals surface area contributed by atoms with Crippen molar-refractivity contribution in [2.45, 2.75) is 39.7 Å². The van der Waals surface area contributed by atoms with E-state index in [4.69, 9.17) is 9.47 Å². The van der Waals surface area contributed by atoms with Gasteiger partial charge >= 0.3 is 5.97 Å². The highest BCUT2D eigenvalue weighted by atomic mass is 127. The number of hydrogen-bond donors (Lipinski definition) is 0. The van der Waals surface area contributed by atoms with E-state index in [2.05, 4.69) is 70.6 Å². The molecule has 3 aromatic rings. The second kappa shape index (κ2) is 12.3. The highest BCUT2D eigenvalue weighted by Crippen LogP contribution is 2.32. The van der Waals surface area contributed by atoms with Gasteiger partial charge in [0.05, 0.1) is 35.6 Å². The van der Waals surface area contributed by atoms with Gasteiger partial charge < -0.3 is 9.47 Å². The van der Waals surface area contributed by atoms with Crippen molar-refractivity contribution in [1.82, 2.24) is 4.57 Å². The van der Waals surface area contributed by atoms with Crippen LogP contribution in [0.4, 0.5) is 0 Å². The van der Waals surface area contributed by atoms with Gasteiger partial charge in [0, 0.05) is 0 Å². The molecule has 0 unspecified atom stereocenters. The Hall–Kier alpha value is -2.25. The smallest absolute Gasteiger partial charge is 0.338 e. The van der Waals surface area contributed by atoms with Crippen LogP contribution in [-0.2, 0) is 9.53 Å². The van der Waals surface area contributed by atoms with E-state index in [-0.39, 0.29) is 12.2 Å². The number of carbonyl (C=O) groups excluding carboxylic acids is 1. The number of thiazole rings is 1. The highest BCUT2D eigenvalue weighted by Gasteiger charge is 2.33. The molecule has 0 amide bonds. The average Bonchev–Trinajstić information content (AvgIpc) is 3.17. The molecule has 4 rings (SSSR count). The minimum atomic E-state index is -0.622. The van der Waals surface area contributed by atoms with E-state index >= 15 is 0 Å². The maximum Gasteiger partial charge on any atom is 0.338 e. The first-order valence-corrected chi connectivity index (χ1v) is 15.2. The first-order valence-electron chi connectivity index (χ1n) is 12.2. The van der Waals surface area contributed by atoms with Gasteiger partial charge in [-0.1, -0.05) is 62.1 Å². The van der Waals surface area contributed by atoms with Gasteiger partial charge in [-0.3, -0.25) is 9.36 Å². The first kappa shape index (κ1) is 28.8.